The largest absolute Gasteiger partial charge is 0.457 e. The van der Waals surface area contributed by atoms with Gasteiger partial charge in [-0.25, -0.2) is 0 Å². The summed E-state index contributed by atoms with van der Waals surface area (Å²) in [6, 6.07) is 16.5. The fourth-order valence-electron chi connectivity index (χ4n) is 3.08. The zero-order chi connectivity index (χ0) is 16.2. The molecule has 0 radical (unpaired) electrons. The quantitative estimate of drug-likeness (QED) is 0.891. The van der Waals surface area contributed by atoms with Crippen LogP contribution in [0.25, 0.3) is 0 Å². The molecular weight excluding hydrogens is 286 g/mol. The second kappa shape index (κ2) is 7.13. The first-order valence-electron chi connectivity index (χ1n) is 8.12. The van der Waals surface area contributed by atoms with Gasteiger partial charge in [0, 0.05) is 32.2 Å². The third kappa shape index (κ3) is 3.72. The van der Waals surface area contributed by atoms with Gasteiger partial charge in [0.15, 0.2) is 0 Å². The van der Waals surface area contributed by atoms with Crippen molar-refractivity contribution in [1.82, 2.24) is 9.80 Å². The van der Waals surface area contributed by atoms with Gasteiger partial charge in [-0.1, -0.05) is 24.3 Å². The second-order valence-corrected chi connectivity index (χ2v) is 6.30. The molecule has 1 aliphatic rings. The fourth-order valence-corrected chi connectivity index (χ4v) is 3.08. The van der Waals surface area contributed by atoms with Crippen molar-refractivity contribution >= 4 is 0 Å². The number of nitrogens with two attached hydrogens (primary N) is 1. The highest BCUT2D eigenvalue weighted by Gasteiger charge is 2.29. The van der Waals surface area contributed by atoms with Crippen molar-refractivity contribution < 1.29 is 4.74 Å². The minimum absolute atomic E-state index is 0.282. The van der Waals surface area contributed by atoms with Crippen molar-refractivity contribution in [3.63, 3.8) is 0 Å². The van der Waals surface area contributed by atoms with E-state index < -0.39 is 0 Å². The smallest absolute Gasteiger partial charge is 0.127 e. The standard InChI is InChI=1S/C19H25N3O/c1-21(2)10-11-22-14-15-8-9-17(12-18(15)19(22)13-20)23-16-6-4-3-5-7-16/h3-9,12,19H,10-11,13-14,20H2,1-2H3. The Bertz CT molecular complexity index is 642. The predicted molar refractivity (Wildman–Crippen MR) is 93.7 cm³/mol. The molecule has 2 N–H and O–H groups in total. The molecule has 4 heteroatoms. The van der Waals surface area contributed by atoms with Crippen LogP contribution in [0, 0.1) is 0 Å². The summed E-state index contributed by atoms with van der Waals surface area (Å²) in [5.74, 6) is 1.74. The van der Waals surface area contributed by atoms with Gasteiger partial charge >= 0.3 is 0 Å². The van der Waals surface area contributed by atoms with Gasteiger partial charge in [0.05, 0.1) is 0 Å². The lowest BCUT2D eigenvalue weighted by Crippen LogP contribution is -2.33. The molecule has 0 amide bonds. The zero-order valence-corrected chi connectivity index (χ0v) is 13.9. The van der Waals surface area contributed by atoms with Gasteiger partial charge in [-0.3, -0.25) is 4.90 Å². The molecule has 0 aliphatic carbocycles. The number of ether oxygens (including phenoxy) is 1. The molecule has 122 valence electrons. The van der Waals surface area contributed by atoms with Gasteiger partial charge in [-0.2, -0.15) is 0 Å². The molecule has 0 saturated heterocycles. The van der Waals surface area contributed by atoms with Gasteiger partial charge in [0.25, 0.3) is 0 Å². The number of rotatable bonds is 6. The maximum Gasteiger partial charge on any atom is 0.127 e. The van der Waals surface area contributed by atoms with Crippen LogP contribution in [0.1, 0.15) is 17.2 Å². The van der Waals surface area contributed by atoms with Crippen LogP contribution in [0.5, 0.6) is 11.5 Å². The number of nitrogens with zero attached hydrogens (tertiary/aromatic N) is 2. The zero-order valence-electron chi connectivity index (χ0n) is 13.9. The van der Waals surface area contributed by atoms with Crippen LogP contribution in [-0.2, 0) is 6.54 Å². The van der Waals surface area contributed by atoms with Crippen molar-refractivity contribution in [2.45, 2.75) is 12.6 Å². The Kier molecular flexibility index (Phi) is 4.96. The summed E-state index contributed by atoms with van der Waals surface area (Å²) in [7, 11) is 4.21. The van der Waals surface area contributed by atoms with Crippen LogP contribution in [-0.4, -0.2) is 43.5 Å². The summed E-state index contributed by atoms with van der Waals surface area (Å²) in [5.41, 5.74) is 8.72. The van der Waals surface area contributed by atoms with Crippen LogP contribution >= 0.6 is 0 Å². The van der Waals surface area contributed by atoms with Gasteiger partial charge in [-0.05, 0) is 49.5 Å². The van der Waals surface area contributed by atoms with Crippen molar-refractivity contribution in [3.05, 3.63) is 59.7 Å². The molecule has 23 heavy (non-hydrogen) atoms. The fraction of sp³-hybridized carbons (Fsp3) is 0.368. The SMILES string of the molecule is CN(C)CCN1Cc2ccc(Oc3ccccc3)cc2C1CN. The number of likely N-dealkylation sites (N-methyl/N-ethyl adjacent to an activating group) is 1. The summed E-state index contributed by atoms with van der Waals surface area (Å²) in [4.78, 5) is 4.66. The Morgan fingerprint density at radius 1 is 1.13 bits per heavy atom. The van der Waals surface area contributed by atoms with Gasteiger partial charge < -0.3 is 15.4 Å². The topological polar surface area (TPSA) is 41.7 Å². The number of hydrogen-bond donors (Lipinski definition) is 1. The van der Waals surface area contributed by atoms with E-state index in [-0.39, 0.29) is 6.04 Å². The Morgan fingerprint density at radius 2 is 1.91 bits per heavy atom. The van der Waals surface area contributed by atoms with Crippen molar-refractivity contribution in [2.24, 2.45) is 5.73 Å². The summed E-state index contributed by atoms with van der Waals surface area (Å²) >= 11 is 0. The molecule has 0 saturated carbocycles. The third-order valence-electron chi connectivity index (χ3n) is 4.33. The van der Waals surface area contributed by atoms with Crippen molar-refractivity contribution in [2.75, 3.05) is 33.7 Å². The lowest BCUT2D eigenvalue weighted by atomic mass is 10.0. The molecule has 0 spiro atoms. The number of benzene rings is 2. The minimum Gasteiger partial charge on any atom is -0.457 e. The summed E-state index contributed by atoms with van der Waals surface area (Å²) in [5, 5.41) is 0. The molecule has 2 aromatic carbocycles. The lowest BCUT2D eigenvalue weighted by Gasteiger charge is -2.25. The van der Waals surface area contributed by atoms with Gasteiger partial charge in [0.2, 0.25) is 0 Å². The summed E-state index contributed by atoms with van der Waals surface area (Å²) in [6.45, 7) is 3.67. The molecule has 0 bridgehead atoms. The molecule has 1 aliphatic heterocycles. The molecule has 0 fully saturated rings. The summed E-state index contributed by atoms with van der Waals surface area (Å²) in [6.07, 6.45) is 0. The van der Waals surface area contributed by atoms with Crippen LogP contribution in [0.3, 0.4) is 0 Å². The Morgan fingerprint density at radius 3 is 2.61 bits per heavy atom. The average Bonchev–Trinajstić information content (AvgIpc) is 2.90. The lowest BCUT2D eigenvalue weighted by molar-refractivity contribution is 0.197. The Labute approximate surface area is 138 Å². The van der Waals surface area contributed by atoms with Gasteiger partial charge in [0.1, 0.15) is 11.5 Å². The van der Waals surface area contributed by atoms with E-state index in [9.17, 15) is 0 Å². The molecule has 1 unspecified atom stereocenters. The van der Waals surface area contributed by atoms with Crippen molar-refractivity contribution in [1.29, 1.82) is 0 Å². The van der Waals surface area contributed by atoms with E-state index in [0.29, 0.717) is 6.54 Å². The second-order valence-electron chi connectivity index (χ2n) is 6.30. The first-order valence-corrected chi connectivity index (χ1v) is 8.12. The van der Waals surface area contributed by atoms with Crippen LogP contribution < -0.4 is 10.5 Å². The molecule has 0 aromatic heterocycles. The average molecular weight is 311 g/mol. The first-order chi connectivity index (χ1) is 11.2. The van der Waals surface area contributed by atoms with Crippen molar-refractivity contribution in [3.8, 4) is 11.5 Å². The maximum atomic E-state index is 6.05. The van der Waals surface area contributed by atoms with E-state index >= 15 is 0 Å². The molecule has 4 nitrogen and oxygen atoms in total. The number of fused-ring (bicyclic) bond motifs is 1. The van der Waals surface area contributed by atoms with Gasteiger partial charge in [-0.15, -0.1) is 0 Å². The molecule has 1 heterocycles. The van der Waals surface area contributed by atoms with Crippen LogP contribution in [0.4, 0.5) is 0 Å². The van der Waals surface area contributed by atoms with E-state index in [0.717, 1.165) is 31.1 Å². The predicted octanol–water partition coefficient (Wildman–Crippen LogP) is 2.86. The molecule has 1 atom stereocenters. The van der Waals surface area contributed by atoms with E-state index in [1.807, 2.05) is 30.3 Å². The Hall–Kier alpha value is -1.88. The number of para-hydroxylation sites is 1. The normalized spacial score (nSPS) is 17.5. The minimum atomic E-state index is 0.282. The highest BCUT2D eigenvalue weighted by Crippen LogP contribution is 2.36. The molecule has 2 aromatic rings. The van der Waals surface area contributed by atoms with E-state index in [4.69, 9.17) is 10.5 Å². The monoisotopic (exact) mass is 311 g/mol. The highest BCUT2D eigenvalue weighted by atomic mass is 16.5. The Balaban J connectivity index is 1.77. The van der Waals surface area contributed by atoms with E-state index in [1.165, 1.54) is 11.1 Å². The first kappa shape index (κ1) is 16.0. The molecular formula is C19H25N3O. The van der Waals surface area contributed by atoms with E-state index in [2.05, 4.69) is 42.1 Å². The highest BCUT2D eigenvalue weighted by molar-refractivity contribution is 5.42. The molecule has 3 rings (SSSR count). The summed E-state index contributed by atoms with van der Waals surface area (Å²) < 4.78 is 5.96. The maximum absolute atomic E-state index is 6.05. The van der Waals surface area contributed by atoms with Crippen LogP contribution in [0.2, 0.25) is 0 Å². The van der Waals surface area contributed by atoms with E-state index in [1.54, 1.807) is 0 Å². The third-order valence-corrected chi connectivity index (χ3v) is 4.33. The van der Waals surface area contributed by atoms with Crippen LogP contribution in [0.15, 0.2) is 48.5 Å². The number of hydrogen-bond acceptors (Lipinski definition) is 4.